The van der Waals surface area contributed by atoms with Crippen molar-refractivity contribution >= 4 is 11.9 Å². The van der Waals surface area contributed by atoms with Gasteiger partial charge in [0.15, 0.2) is 5.96 Å². The average molecular weight is 199 g/mol. The minimum absolute atomic E-state index is 0.0272. The smallest absolute Gasteiger partial charge is 0.326 e. The van der Waals surface area contributed by atoms with Gasteiger partial charge in [0.1, 0.15) is 6.04 Å². The minimum Gasteiger partial charge on any atom is -0.480 e. The van der Waals surface area contributed by atoms with E-state index in [0.717, 1.165) is 6.42 Å². The Kier molecular flexibility index (Phi) is 3.33. The Morgan fingerprint density at radius 3 is 2.71 bits per heavy atom. The number of guanidine groups is 1. The normalized spacial score (nSPS) is 19.4. The Hall–Kier alpha value is -1.26. The number of rotatable bonds is 3. The number of hydrogen-bond donors (Lipinski definition) is 2. The van der Waals surface area contributed by atoms with Gasteiger partial charge in [0.2, 0.25) is 0 Å². The van der Waals surface area contributed by atoms with Crippen molar-refractivity contribution in [1.29, 1.82) is 0 Å². The molecule has 0 spiro atoms. The standard InChI is InChI=1S/C9H17N3O2/c1-6(2)7(8(13)14)12-5-3-4-11-9(12)10/h6-7H,3-5H2,1-2H3,(H2,10,11)(H,13,14). The molecule has 0 aromatic rings. The second kappa shape index (κ2) is 4.30. The number of aliphatic carboxylic acids is 1. The van der Waals surface area contributed by atoms with E-state index in [1.807, 2.05) is 13.8 Å². The first-order valence-electron chi connectivity index (χ1n) is 4.83. The summed E-state index contributed by atoms with van der Waals surface area (Å²) in [5.74, 6) is -0.447. The maximum Gasteiger partial charge on any atom is 0.326 e. The van der Waals surface area contributed by atoms with Crippen LogP contribution in [0.2, 0.25) is 0 Å². The van der Waals surface area contributed by atoms with Gasteiger partial charge in [0, 0.05) is 13.1 Å². The van der Waals surface area contributed by atoms with Crippen LogP contribution in [0.5, 0.6) is 0 Å². The van der Waals surface area contributed by atoms with Crippen molar-refractivity contribution in [3.8, 4) is 0 Å². The fraction of sp³-hybridized carbons (Fsp3) is 0.778. The van der Waals surface area contributed by atoms with Crippen molar-refractivity contribution in [2.45, 2.75) is 26.3 Å². The monoisotopic (exact) mass is 199 g/mol. The van der Waals surface area contributed by atoms with Crippen LogP contribution in [0.4, 0.5) is 0 Å². The number of aliphatic imine (C=N–C) groups is 1. The number of carboxylic acids is 1. The summed E-state index contributed by atoms with van der Waals surface area (Å²) < 4.78 is 0. The third kappa shape index (κ3) is 2.16. The lowest BCUT2D eigenvalue weighted by atomic mass is 10.0. The molecule has 1 rings (SSSR count). The molecule has 1 heterocycles. The van der Waals surface area contributed by atoms with Crippen LogP contribution in [0.25, 0.3) is 0 Å². The average Bonchev–Trinajstić information content (AvgIpc) is 2.07. The molecule has 14 heavy (non-hydrogen) atoms. The van der Waals surface area contributed by atoms with Crippen LogP contribution < -0.4 is 5.73 Å². The maximum atomic E-state index is 11.0. The van der Waals surface area contributed by atoms with Crippen LogP contribution in [0.3, 0.4) is 0 Å². The van der Waals surface area contributed by atoms with Crippen molar-refractivity contribution < 1.29 is 9.90 Å². The van der Waals surface area contributed by atoms with Gasteiger partial charge in [0.25, 0.3) is 0 Å². The van der Waals surface area contributed by atoms with Crippen LogP contribution in [0.15, 0.2) is 4.99 Å². The molecule has 0 fully saturated rings. The molecular weight excluding hydrogens is 182 g/mol. The zero-order valence-corrected chi connectivity index (χ0v) is 8.60. The molecule has 0 radical (unpaired) electrons. The van der Waals surface area contributed by atoms with Crippen LogP contribution in [-0.4, -0.2) is 41.1 Å². The van der Waals surface area contributed by atoms with Gasteiger partial charge in [0.05, 0.1) is 0 Å². The molecule has 1 aliphatic rings. The predicted octanol–water partition coefficient (Wildman–Crippen LogP) is 0.116. The van der Waals surface area contributed by atoms with Crippen molar-refractivity contribution in [3.63, 3.8) is 0 Å². The molecule has 5 nitrogen and oxygen atoms in total. The van der Waals surface area contributed by atoms with Crippen molar-refractivity contribution in [3.05, 3.63) is 0 Å². The maximum absolute atomic E-state index is 11.0. The van der Waals surface area contributed by atoms with E-state index in [-0.39, 0.29) is 5.92 Å². The van der Waals surface area contributed by atoms with Crippen molar-refractivity contribution in [2.24, 2.45) is 16.6 Å². The lowest BCUT2D eigenvalue weighted by Crippen LogP contribution is -2.53. The molecular formula is C9H17N3O2. The topological polar surface area (TPSA) is 78.9 Å². The van der Waals surface area contributed by atoms with E-state index in [0.29, 0.717) is 19.0 Å². The fourth-order valence-corrected chi connectivity index (χ4v) is 1.70. The number of nitrogens with zero attached hydrogens (tertiary/aromatic N) is 2. The highest BCUT2D eigenvalue weighted by atomic mass is 16.4. The van der Waals surface area contributed by atoms with E-state index in [1.54, 1.807) is 4.90 Å². The Morgan fingerprint density at radius 2 is 2.29 bits per heavy atom. The lowest BCUT2D eigenvalue weighted by Gasteiger charge is -2.34. The predicted molar refractivity (Wildman–Crippen MR) is 54.1 cm³/mol. The molecule has 1 unspecified atom stereocenters. The zero-order chi connectivity index (χ0) is 10.7. The first kappa shape index (κ1) is 10.8. The summed E-state index contributed by atoms with van der Waals surface area (Å²) in [5, 5.41) is 9.06. The Bertz CT molecular complexity index is 250. The minimum atomic E-state index is -0.833. The summed E-state index contributed by atoms with van der Waals surface area (Å²) in [5.41, 5.74) is 5.67. The summed E-state index contributed by atoms with van der Waals surface area (Å²) >= 11 is 0. The molecule has 80 valence electrons. The first-order valence-corrected chi connectivity index (χ1v) is 4.83. The number of carbonyl (C=O) groups is 1. The molecule has 0 saturated heterocycles. The molecule has 0 bridgehead atoms. The van der Waals surface area contributed by atoms with Crippen molar-refractivity contribution in [1.82, 2.24) is 4.90 Å². The second-order valence-electron chi connectivity index (χ2n) is 3.81. The zero-order valence-electron chi connectivity index (χ0n) is 8.60. The van der Waals surface area contributed by atoms with Gasteiger partial charge in [-0.3, -0.25) is 4.99 Å². The van der Waals surface area contributed by atoms with E-state index in [9.17, 15) is 4.79 Å². The SMILES string of the molecule is CC(C)C(C(=O)O)N1CCCN=C1N. The highest BCUT2D eigenvalue weighted by Gasteiger charge is 2.30. The molecule has 0 saturated carbocycles. The van der Waals surface area contributed by atoms with Crippen LogP contribution in [-0.2, 0) is 4.79 Å². The van der Waals surface area contributed by atoms with Gasteiger partial charge in [-0.05, 0) is 12.3 Å². The van der Waals surface area contributed by atoms with Gasteiger partial charge in [-0.15, -0.1) is 0 Å². The Labute approximate surface area is 83.6 Å². The molecule has 5 heteroatoms. The molecule has 0 aromatic heterocycles. The molecule has 0 amide bonds. The van der Waals surface area contributed by atoms with Gasteiger partial charge in [-0.25, -0.2) is 4.79 Å². The van der Waals surface area contributed by atoms with Crippen LogP contribution in [0, 0.1) is 5.92 Å². The van der Waals surface area contributed by atoms with Gasteiger partial charge < -0.3 is 15.7 Å². The second-order valence-corrected chi connectivity index (χ2v) is 3.81. The summed E-state index contributed by atoms with van der Waals surface area (Å²) in [4.78, 5) is 16.8. The quantitative estimate of drug-likeness (QED) is 0.676. The van der Waals surface area contributed by atoms with E-state index in [2.05, 4.69) is 4.99 Å². The van der Waals surface area contributed by atoms with E-state index >= 15 is 0 Å². The molecule has 0 aliphatic carbocycles. The van der Waals surface area contributed by atoms with Crippen LogP contribution >= 0.6 is 0 Å². The van der Waals surface area contributed by atoms with Crippen LogP contribution in [0.1, 0.15) is 20.3 Å². The lowest BCUT2D eigenvalue weighted by molar-refractivity contribution is -0.143. The molecule has 1 atom stereocenters. The highest BCUT2D eigenvalue weighted by molar-refractivity contribution is 5.85. The van der Waals surface area contributed by atoms with Gasteiger partial charge >= 0.3 is 5.97 Å². The van der Waals surface area contributed by atoms with Crippen molar-refractivity contribution in [2.75, 3.05) is 13.1 Å². The number of carboxylic acid groups (broad SMARTS) is 1. The summed E-state index contributed by atoms with van der Waals surface area (Å²) in [6.45, 7) is 5.14. The largest absolute Gasteiger partial charge is 0.480 e. The molecule has 3 N–H and O–H groups in total. The molecule has 1 aliphatic heterocycles. The highest BCUT2D eigenvalue weighted by Crippen LogP contribution is 2.13. The van der Waals surface area contributed by atoms with Gasteiger partial charge in [-0.2, -0.15) is 0 Å². The summed E-state index contributed by atoms with van der Waals surface area (Å²) in [7, 11) is 0. The Morgan fingerprint density at radius 1 is 1.64 bits per heavy atom. The summed E-state index contributed by atoms with van der Waals surface area (Å²) in [6, 6.07) is -0.556. The third-order valence-corrected chi connectivity index (χ3v) is 2.35. The van der Waals surface area contributed by atoms with E-state index in [1.165, 1.54) is 0 Å². The number of hydrogen-bond acceptors (Lipinski definition) is 4. The Balaban J connectivity index is 2.82. The first-order chi connectivity index (χ1) is 6.54. The molecule has 0 aromatic carbocycles. The summed E-state index contributed by atoms with van der Waals surface area (Å²) in [6.07, 6.45) is 0.872. The van der Waals surface area contributed by atoms with E-state index < -0.39 is 12.0 Å². The van der Waals surface area contributed by atoms with E-state index in [4.69, 9.17) is 10.8 Å². The number of nitrogens with two attached hydrogens (primary N) is 1. The third-order valence-electron chi connectivity index (χ3n) is 2.35. The fourth-order valence-electron chi connectivity index (χ4n) is 1.70. The van der Waals surface area contributed by atoms with Gasteiger partial charge in [-0.1, -0.05) is 13.8 Å².